The molecule has 0 saturated carbocycles. The summed E-state index contributed by atoms with van der Waals surface area (Å²) >= 11 is 0. The lowest BCUT2D eigenvalue weighted by atomic mass is 9.95. The summed E-state index contributed by atoms with van der Waals surface area (Å²) < 4.78 is 39.8. The second-order valence-electron chi connectivity index (χ2n) is 16.8. The van der Waals surface area contributed by atoms with Crippen LogP contribution in [0.15, 0.2) is 48.5 Å². The second-order valence-corrected chi connectivity index (χ2v) is 16.8. The Labute approximate surface area is 388 Å². The zero-order chi connectivity index (χ0) is 48.6. The van der Waals surface area contributed by atoms with Gasteiger partial charge < -0.3 is 95.1 Å². The molecule has 67 heavy (non-hydrogen) atoms. The van der Waals surface area contributed by atoms with E-state index >= 15 is 0 Å². The van der Waals surface area contributed by atoms with Crippen molar-refractivity contribution < 1.29 is 93.5 Å². The zero-order valence-electron chi connectivity index (χ0n) is 37.6. The molecule has 3 heterocycles. The average molecular weight is 954 g/mol. The van der Waals surface area contributed by atoms with Crippen molar-refractivity contribution in [2.75, 3.05) is 52.7 Å². The Bertz CT molecular complexity index is 1830. The van der Waals surface area contributed by atoms with Gasteiger partial charge in [-0.3, -0.25) is 14.4 Å². The fraction of sp³-hybridized carbons (Fsp3) is 0.667. The van der Waals surface area contributed by atoms with E-state index in [-0.39, 0.29) is 44.4 Å². The Hall–Kier alpha value is -3.79. The number of rotatable bonds is 25. The number of ether oxygens (including phenoxy) is 7. The molecule has 0 aromatic heterocycles. The van der Waals surface area contributed by atoms with E-state index in [1.807, 2.05) is 49.4 Å². The zero-order valence-corrected chi connectivity index (χ0v) is 37.6. The number of Topliss-reactive ketones (excluding diaryl/α,β-unsaturated/α-hetero) is 1. The number of unbranched alkanes of at least 4 members (excludes halogenated alkanes) is 2. The Morgan fingerprint density at radius 3 is 1.99 bits per heavy atom. The summed E-state index contributed by atoms with van der Waals surface area (Å²) in [6.07, 6.45) is -20.6. The third kappa shape index (κ3) is 15.4. The number of nitrogens with one attached hydrogen (secondary N) is 3. The Kier molecular flexibility index (Phi) is 21.7. The minimum Gasteiger partial charge on any atom is -0.486 e. The summed E-state index contributed by atoms with van der Waals surface area (Å²) in [5, 5.41) is 103. The minimum atomic E-state index is -1.95. The molecule has 3 fully saturated rings. The molecule has 0 radical (unpaired) electrons. The average Bonchev–Trinajstić information content (AvgIpc) is 3.31. The Morgan fingerprint density at radius 2 is 1.31 bits per heavy atom. The number of aryl methyl sites for hydroxylation is 1. The molecule has 2 amide bonds. The first-order valence-electron chi connectivity index (χ1n) is 22.5. The summed E-state index contributed by atoms with van der Waals surface area (Å²) in [5.41, 5.74) is 3.34. The van der Waals surface area contributed by atoms with Crippen LogP contribution in [0, 0.1) is 6.92 Å². The lowest BCUT2D eigenvalue weighted by molar-refractivity contribution is -0.376. The SMILES string of the molecule is CC(=O)NC1C(O)[C@H](O[C@@H]2OC(CO)[C@H](O)C(O[C@H]3OC(CO)[C@H](O)C(O)C3O)C2O)C(CO)O[C@H]1OCCCNC(=O)CCCCCNCC(=O)COc1ccc(-c2cccc(C)c2)cc1. The predicted molar refractivity (Wildman–Crippen MR) is 233 cm³/mol. The van der Waals surface area contributed by atoms with E-state index in [9.17, 15) is 60.3 Å². The second kappa shape index (κ2) is 26.8. The summed E-state index contributed by atoms with van der Waals surface area (Å²) in [7, 11) is 0. The van der Waals surface area contributed by atoms with Crippen molar-refractivity contribution in [3.05, 3.63) is 54.1 Å². The van der Waals surface area contributed by atoms with E-state index in [0.717, 1.165) is 24.0 Å². The van der Waals surface area contributed by atoms with Gasteiger partial charge in [0.15, 0.2) is 24.7 Å². The molecule has 2 aromatic carbocycles. The van der Waals surface area contributed by atoms with Crippen molar-refractivity contribution in [2.24, 2.45) is 0 Å². The number of carbonyl (C=O) groups excluding carboxylic acids is 3. The van der Waals surface area contributed by atoms with E-state index in [0.29, 0.717) is 25.1 Å². The Morgan fingerprint density at radius 1 is 0.657 bits per heavy atom. The molecule has 12 N–H and O–H groups in total. The van der Waals surface area contributed by atoms with Crippen molar-refractivity contribution in [1.82, 2.24) is 16.0 Å². The van der Waals surface area contributed by atoms with Crippen molar-refractivity contribution in [3.8, 4) is 16.9 Å². The smallest absolute Gasteiger partial charge is 0.219 e. The molecular formula is C45H67N3O19. The maximum Gasteiger partial charge on any atom is 0.219 e. The fourth-order valence-electron chi connectivity index (χ4n) is 7.89. The number of benzene rings is 2. The van der Waals surface area contributed by atoms with Gasteiger partial charge in [0.1, 0.15) is 85.5 Å². The normalized spacial score (nSPS) is 32.1. The highest BCUT2D eigenvalue weighted by Gasteiger charge is 2.54. The maximum atomic E-state index is 12.5. The van der Waals surface area contributed by atoms with Gasteiger partial charge in [0.2, 0.25) is 11.8 Å². The van der Waals surface area contributed by atoms with Gasteiger partial charge in [-0.25, -0.2) is 0 Å². The molecule has 3 aliphatic heterocycles. The van der Waals surface area contributed by atoms with Gasteiger partial charge in [-0.05, 0) is 56.0 Å². The number of carbonyl (C=O) groups is 3. The number of hydrogen-bond acceptors (Lipinski definition) is 20. The van der Waals surface area contributed by atoms with Gasteiger partial charge in [0, 0.05) is 19.9 Å². The Balaban J connectivity index is 0.990. The molecule has 0 bridgehead atoms. The predicted octanol–water partition coefficient (Wildman–Crippen LogP) is -3.13. The van der Waals surface area contributed by atoms with Gasteiger partial charge >= 0.3 is 0 Å². The van der Waals surface area contributed by atoms with Crippen LogP contribution in [0.25, 0.3) is 11.1 Å². The van der Waals surface area contributed by atoms with Gasteiger partial charge in [0.05, 0.1) is 33.0 Å². The molecule has 3 saturated heterocycles. The first kappa shape index (κ1) is 54.2. The highest BCUT2D eigenvalue weighted by Crippen LogP contribution is 2.33. The van der Waals surface area contributed by atoms with Crippen LogP contribution in [0.3, 0.4) is 0 Å². The molecule has 22 nitrogen and oxygen atoms in total. The lowest BCUT2D eigenvalue weighted by Gasteiger charge is -2.48. The molecule has 0 aliphatic carbocycles. The minimum absolute atomic E-state index is 0.00930. The number of amides is 2. The molecule has 15 atom stereocenters. The van der Waals surface area contributed by atoms with Gasteiger partial charge in [-0.15, -0.1) is 0 Å². The molecule has 9 unspecified atom stereocenters. The quantitative estimate of drug-likeness (QED) is 0.0438. The van der Waals surface area contributed by atoms with Crippen LogP contribution in [0.4, 0.5) is 0 Å². The van der Waals surface area contributed by atoms with Crippen LogP contribution in [-0.2, 0) is 42.8 Å². The van der Waals surface area contributed by atoms with Crippen LogP contribution < -0.4 is 20.7 Å². The fourth-order valence-corrected chi connectivity index (χ4v) is 7.89. The first-order chi connectivity index (χ1) is 32.1. The van der Waals surface area contributed by atoms with E-state index in [1.54, 1.807) is 0 Å². The number of aliphatic hydroxyl groups is 9. The molecule has 22 heteroatoms. The summed E-state index contributed by atoms with van der Waals surface area (Å²) in [6.45, 7) is 1.78. The third-order valence-electron chi connectivity index (χ3n) is 11.6. The van der Waals surface area contributed by atoms with Gasteiger partial charge in [-0.2, -0.15) is 0 Å². The molecule has 5 rings (SSSR count). The van der Waals surface area contributed by atoms with Crippen LogP contribution in [-0.4, -0.2) is 208 Å². The highest BCUT2D eigenvalue weighted by molar-refractivity contribution is 5.82. The van der Waals surface area contributed by atoms with Crippen molar-refractivity contribution in [1.29, 1.82) is 0 Å². The summed E-state index contributed by atoms with van der Waals surface area (Å²) in [6, 6.07) is 14.5. The van der Waals surface area contributed by atoms with Crippen molar-refractivity contribution >= 4 is 17.6 Å². The van der Waals surface area contributed by atoms with E-state index in [4.69, 9.17) is 33.2 Å². The number of hydrogen-bond donors (Lipinski definition) is 12. The number of ketones is 1. The van der Waals surface area contributed by atoms with E-state index < -0.39 is 118 Å². The molecule has 3 aliphatic rings. The van der Waals surface area contributed by atoms with Crippen LogP contribution >= 0.6 is 0 Å². The maximum absolute atomic E-state index is 12.5. The highest BCUT2D eigenvalue weighted by atomic mass is 16.8. The molecule has 0 spiro atoms. The standard InChI is InChI=1S/C45H67N3O19/c1-24-8-6-9-27(18-24)26-11-13-29(14-12-26)62-23-28(53)19-46-15-5-3-4-10-33(54)47-16-7-17-61-43-34(48-25(2)52)37(57)41(32(22-51)65-43)66-45-40(60)42(36(56)31(21-50)64-45)67-44-39(59)38(58)35(55)30(20-49)63-44/h6,8-9,11-14,18,30-32,34-46,49-51,55-60H,3-5,7,10,15-17,19-23H2,1-2H3,(H,47,54)(H,48,52)/t30?,31?,32?,34?,35-,36-,37?,38?,39?,40?,41+,42?,43+,44+,45-/m0/s1. The third-order valence-corrected chi connectivity index (χ3v) is 11.6. The van der Waals surface area contributed by atoms with Crippen LogP contribution in [0.1, 0.15) is 44.6 Å². The topological polar surface area (TPSA) is 334 Å². The van der Waals surface area contributed by atoms with Crippen LogP contribution in [0.2, 0.25) is 0 Å². The molecule has 376 valence electrons. The van der Waals surface area contributed by atoms with E-state index in [1.165, 1.54) is 12.5 Å². The number of aliphatic hydroxyl groups excluding tert-OH is 9. The van der Waals surface area contributed by atoms with Gasteiger partial charge in [0.25, 0.3) is 0 Å². The van der Waals surface area contributed by atoms with Gasteiger partial charge in [-0.1, -0.05) is 48.4 Å². The summed E-state index contributed by atoms with van der Waals surface area (Å²) in [4.78, 5) is 37.0. The lowest BCUT2D eigenvalue weighted by Crippen LogP contribution is -2.68. The van der Waals surface area contributed by atoms with E-state index in [2.05, 4.69) is 22.0 Å². The molecule has 2 aromatic rings. The first-order valence-corrected chi connectivity index (χ1v) is 22.5. The monoisotopic (exact) mass is 953 g/mol. The van der Waals surface area contributed by atoms with Crippen molar-refractivity contribution in [3.63, 3.8) is 0 Å². The van der Waals surface area contributed by atoms with Crippen LogP contribution in [0.5, 0.6) is 5.75 Å². The largest absolute Gasteiger partial charge is 0.486 e. The van der Waals surface area contributed by atoms with Crippen molar-refractivity contribution in [2.45, 2.75) is 138 Å². The molecular weight excluding hydrogens is 886 g/mol. The summed E-state index contributed by atoms with van der Waals surface area (Å²) in [5.74, 6) is -0.230.